The molecule has 1 aliphatic rings. The molecule has 1 aromatic rings. The summed E-state index contributed by atoms with van der Waals surface area (Å²) < 4.78 is 5.39. The predicted octanol–water partition coefficient (Wildman–Crippen LogP) is 3.96. The third-order valence-electron chi connectivity index (χ3n) is 2.95. The summed E-state index contributed by atoms with van der Waals surface area (Å²) >= 11 is 0. The minimum atomic E-state index is -0.300. The molecule has 1 saturated carbocycles. The van der Waals surface area contributed by atoms with E-state index in [-0.39, 0.29) is 5.97 Å². The average Bonchev–Trinajstić information content (AvgIpc) is 3.31. The van der Waals surface area contributed by atoms with E-state index in [1.165, 1.54) is 32.6 Å². The Hall–Kier alpha value is -1.55. The average molecular weight is 293 g/mol. The van der Waals surface area contributed by atoms with Crippen molar-refractivity contribution in [3.05, 3.63) is 30.3 Å². The maximum absolute atomic E-state index is 10.7. The van der Waals surface area contributed by atoms with Crippen LogP contribution in [0.3, 0.4) is 0 Å². The van der Waals surface area contributed by atoms with Gasteiger partial charge < -0.3 is 9.57 Å². The Kier molecular flexibility index (Phi) is 8.51. The fourth-order valence-electron chi connectivity index (χ4n) is 1.68. The van der Waals surface area contributed by atoms with E-state index in [1.807, 2.05) is 37.3 Å². The zero-order valence-corrected chi connectivity index (χ0v) is 13.4. The third-order valence-corrected chi connectivity index (χ3v) is 2.95. The highest BCUT2D eigenvalue weighted by Gasteiger charge is 2.21. The van der Waals surface area contributed by atoms with Crippen molar-refractivity contribution < 1.29 is 14.4 Å². The van der Waals surface area contributed by atoms with Crippen LogP contribution < -0.4 is 5.06 Å². The molecule has 4 heteroatoms. The second kappa shape index (κ2) is 10.2. The fourth-order valence-corrected chi connectivity index (χ4v) is 1.68. The van der Waals surface area contributed by atoms with Gasteiger partial charge >= 0.3 is 5.97 Å². The minimum absolute atomic E-state index is 0.300. The largest absolute Gasteiger partial charge is 0.378 e. The van der Waals surface area contributed by atoms with Crippen molar-refractivity contribution in [2.75, 3.05) is 18.2 Å². The molecule has 0 aromatic heterocycles. The summed E-state index contributed by atoms with van der Waals surface area (Å²) in [5.41, 5.74) is 0.889. The van der Waals surface area contributed by atoms with Crippen LogP contribution in [0.25, 0.3) is 0 Å². The lowest BCUT2D eigenvalue weighted by Crippen LogP contribution is -2.25. The molecule has 0 amide bonds. The SMILES string of the molecule is CCCCOC1CC1.CCN(OC(C)=O)c1ccccc1. The molecule has 0 radical (unpaired) electrons. The van der Waals surface area contributed by atoms with Crippen LogP contribution in [0.1, 0.15) is 46.5 Å². The van der Waals surface area contributed by atoms with Crippen LogP contribution in [0.2, 0.25) is 0 Å². The van der Waals surface area contributed by atoms with Gasteiger partial charge in [-0.25, -0.2) is 5.06 Å². The Balaban J connectivity index is 0.000000235. The number of hydrogen-bond donors (Lipinski definition) is 0. The number of hydroxylamine groups is 1. The van der Waals surface area contributed by atoms with E-state index in [0.29, 0.717) is 12.6 Å². The van der Waals surface area contributed by atoms with E-state index < -0.39 is 0 Å². The van der Waals surface area contributed by atoms with Crippen molar-refractivity contribution >= 4 is 11.7 Å². The second-order valence-corrected chi connectivity index (χ2v) is 5.04. The highest BCUT2D eigenvalue weighted by atomic mass is 16.7. The van der Waals surface area contributed by atoms with Crippen LogP contribution in [0.15, 0.2) is 30.3 Å². The normalized spacial score (nSPS) is 13.1. The number of benzene rings is 1. The van der Waals surface area contributed by atoms with Gasteiger partial charge in [-0.2, -0.15) is 0 Å². The van der Waals surface area contributed by atoms with Crippen molar-refractivity contribution in [3.8, 4) is 0 Å². The number of rotatable bonds is 7. The van der Waals surface area contributed by atoms with Crippen molar-refractivity contribution in [1.82, 2.24) is 0 Å². The van der Waals surface area contributed by atoms with Gasteiger partial charge in [-0.05, 0) is 38.3 Å². The summed E-state index contributed by atoms with van der Waals surface area (Å²) in [5, 5.41) is 1.56. The molecule has 1 fully saturated rings. The molecular formula is C17H27NO3. The molecule has 118 valence electrons. The first kappa shape index (κ1) is 17.5. The number of carbonyl (C=O) groups excluding carboxylic acids is 1. The molecule has 0 saturated heterocycles. The number of hydrogen-bond acceptors (Lipinski definition) is 4. The maximum Gasteiger partial charge on any atom is 0.329 e. The lowest BCUT2D eigenvalue weighted by molar-refractivity contribution is -0.142. The van der Waals surface area contributed by atoms with E-state index in [9.17, 15) is 4.79 Å². The molecule has 0 spiro atoms. The lowest BCUT2D eigenvalue weighted by Gasteiger charge is -2.20. The smallest absolute Gasteiger partial charge is 0.329 e. The van der Waals surface area contributed by atoms with E-state index in [0.717, 1.165) is 12.3 Å². The molecular weight excluding hydrogens is 266 g/mol. The van der Waals surface area contributed by atoms with E-state index in [4.69, 9.17) is 9.57 Å². The molecule has 1 aromatic carbocycles. The molecule has 0 bridgehead atoms. The van der Waals surface area contributed by atoms with Crippen molar-refractivity contribution in [3.63, 3.8) is 0 Å². The molecule has 0 N–H and O–H groups in total. The molecule has 0 aliphatic heterocycles. The summed E-state index contributed by atoms with van der Waals surface area (Å²) in [6, 6.07) is 9.52. The molecule has 0 atom stereocenters. The summed E-state index contributed by atoms with van der Waals surface area (Å²) in [6.07, 6.45) is 5.76. The van der Waals surface area contributed by atoms with Crippen LogP contribution in [-0.2, 0) is 14.4 Å². The van der Waals surface area contributed by atoms with Gasteiger partial charge in [0.1, 0.15) is 0 Å². The highest BCUT2D eigenvalue weighted by molar-refractivity contribution is 5.67. The zero-order valence-electron chi connectivity index (χ0n) is 13.4. The van der Waals surface area contributed by atoms with Crippen LogP contribution >= 0.6 is 0 Å². The summed E-state index contributed by atoms with van der Waals surface area (Å²) in [4.78, 5) is 15.7. The molecule has 4 nitrogen and oxygen atoms in total. The molecule has 21 heavy (non-hydrogen) atoms. The van der Waals surface area contributed by atoms with Gasteiger partial charge in [-0.15, -0.1) is 0 Å². The lowest BCUT2D eigenvalue weighted by atomic mass is 10.3. The Bertz CT molecular complexity index is 390. The first-order valence-electron chi connectivity index (χ1n) is 7.80. The van der Waals surface area contributed by atoms with Gasteiger partial charge in [-0.1, -0.05) is 31.5 Å². The van der Waals surface area contributed by atoms with Gasteiger partial charge in [0.2, 0.25) is 0 Å². The number of carbonyl (C=O) groups is 1. The van der Waals surface area contributed by atoms with Crippen LogP contribution in [0.5, 0.6) is 0 Å². The molecule has 1 aliphatic carbocycles. The van der Waals surface area contributed by atoms with Gasteiger partial charge in [0.25, 0.3) is 0 Å². The number of ether oxygens (including phenoxy) is 1. The maximum atomic E-state index is 10.7. The predicted molar refractivity (Wildman–Crippen MR) is 85.1 cm³/mol. The monoisotopic (exact) mass is 293 g/mol. The van der Waals surface area contributed by atoms with E-state index in [1.54, 1.807) is 5.06 Å². The molecule has 0 heterocycles. The highest BCUT2D eigenvalue weighted by Crippen LogP contribution is 2.23. The van der Waals surface area contributed by atoms with Crippen LogP contribution in [0, 0.1) is 0 Å². The second-order valence-electron chi connectivity index (χ2n) is 5.04. The summed E-state index contributed by atoms with van der Waals surface area (Å²) in [5.74, 6) is -0.300. The van der Waals surface area contributed by atoms with Gasteiger partial charge in [-0.3, -0.25) is 4.79 Å². The van der Waals surface area contributed by atoms with E-state index >= 15 is 0 Å². The Morgan fingerprint density at radius 3 is 2.38 bits per heavy atom. The zero-order chi connectivity index (χ0) is 15.5. The summed E-state index contributed by atoms with van der Waals surface area (Å²) in [7, 11) is 0. The van der Waals surface area contributed by atoms with E-state index in [2.05, 4.69) is 6.92 Å². The third kappa shape index (κ3) is 8.35. The quantitative estimate of drug-likeness (QED) is 0.563. The Morgan fingerprint density at radius 2 is 1.90 bits per heavy atom. The number of nitrogens with zero attached hydrogens (tertiary/aromatic N) is 1. The number of unbranched alkanes of at least 4 members (excludes halogenated alkanes) is 1. The topological polar surface area (TPSA) is 38.8 Å². The Labute approximate surface area is 128 Å². The molecule has 2 rings (SSSR count). The first-order valence-corrected chi connectivity index (χ1v) is 7.80. The van der Waals surface area contributed by atoms with Crippen LogP contribution in [0.4, 0.5) is 5.69 Å². The Morgan fingerprint density at radius 1 is 1.24 bits per heavy atom. The van der Waals surface area contributed by atoms with Gasteiger partial charge in [0, 0.05) is 13.5 Å². The summed E-state index contributed by atoms with van der Waals surface area (Å²) in [6.45, 7) is 7.14. The number of anilines is 1. The minimum Gasteiger partial charge on any atom is -0.378 e. The van der Waals surface area contributed by atoms with Crippen molar-refractivity contribution in [1.29, 1.82) is 0 Å². The van der Waals surface area contributed by atoms with Crippen molar-refractivity contribution in [2.45, 2.75) is 52.6 Å². The first-order chi connectivity index (χ1) is 10.2. The van der Waals surface area contributed by atoms with Crippen LogP contribution in [-0.4, -0.2) is 25.2 Å². The van der Waals surface area contributed by atoms with Gasteiger partial charge in [0.15, 0.2) is 0 Å². The van der Waals surface area contributed by atoms with Crippen molar-refractivity contribution in [2.24, 2.45) is 0 Å². The van der Waals surface area contributed by atoms with Gasteiger partial charge in [0.05, 0.1) is 18.3 Å². The fraction of sp³-hybridized carbons (Fsp3) is 0.588. The standard InChI is InChI=1S/C10H13NO2.C7H14O/c1-3-11(13-9(2)12)10-7-5-4-6-8-10;1-2-3-6-8-7-4-5-7/h4-8H,3H2,1-2H3;7H,2-6H2,1H3. The molecule has 0 unspecified atom stereocenters. The number of para-hydroxylation sites is 1.